The highest BCUT2D eigenvalue weighted by Gasteiger charge is 2.29. The first-order chi connectivity index (χ1) is 19.0. The molecule has 0 aliphatic carbocycles. The topological polar surface area (TPSA) is 85.3 Å². The largest absolute Gasteiger partial charge is 0.508 e. The Morgan fingerprint density at radius 1 is 1.10 bits per heavy atom. The number of hydrogen-bond donors (Lipinski definition) is 1. The number of benzene rings is 2. The molecule has 1 amide bonds. The fraction of sp³-hybridized carbons (Fsp3) is 0.433. The van der Waals surface area contributed by atoms with Crippen molar-refractivity contribution >= 4 is 28.2 Å². The van der Waals surface area contributed by atoms with Crippen LogP contribution in [0.1, 0.15) is 17.7 Å². The normalized spacial score (nSPS) is 19.8. The highest BCUT2D eigenvalue weighted by Crippen LogP contribution is 2.36. The number of carbonyl (C=O) groups is 1. The van der Waals surface area contributed by atoms with E-state index in [1.165, 1.54) is 6.08 Å². The molecular formula is C30H36N6O3. The number of ether oxygens (including phenoxy) is 1. The minimum Gasteiger partial charge on any atom is -0.508 e. The maximum absolute atomic E-state index is 12.1. The Hall–Kier alpha value is -3.85. The van der Waals surface area contributed by atoms with Crippen molar-refractivity contribution in [1.82, 2.24) is 19.8 Å². The average Bonchev–Trinajstić information content (AvgIpc) is 3.39. The number of anilines is 2. The highest BCUT2D eigenvalue weighted by molar-refractivity contribution is 5.95. The lowest BCUT2D eigenvalue weighted by Crippen LogP contribution is -2.49. The van der Waals surface area contributed by atoms with E-state index in [1.54, 1.807) is 6.07 Å². The Morgan fingerprint density at radius 3 is 2.69 bits per heavy atom. The summed E-state index contributed by atoms with van der Waals surface area (Å²) in [6, 6.07) is 12.2. The van der Waals surface area contributed by atoms with E-state index in [9.17, 15) is 9.90 Å². The van der Waals surface area contributed by atoms with Crippen LogP contribution in [0.4, 0.5) is 11.5 Å². The molecule has 2 fully saturated rings. The Balaban J connectivity index is 1.30. The fourth-order valence-corrected chi connectivity index (χ4v) is 6.08. The molecule has 0 saturated carbocycles. The standard InChI is InChI=1S/C30H36N6O3/c1-3-28(38)34-12-14-35(15-13-34)29-25-9-11-36(27-17-23(37)16-22-6-4-5-7-24(22)27)19-26(25)31-30(32-29)39-20-21-8-10-33(2)18-21/h3-7,16-17,21,37H,1,8-15,18-20H2,2H3. The van der Waals surface area contributed by atoms with Gasteiger partial charge in [0, 0.05) is 67.9 Å². The van der Waals surface area contributed by atoms with Gasteiger partial charge in [-0.15, -0.1) is 0 Å². The number of amides is 1. The average molecular weight is 529 g/mol. The summed E-state index contributed by atoms with van der Waals surface area (Å²) in [5.41, 5.74) is 3.11. The lowest BCUT2D eigenvalue weighted by Gasteiger charge is -2.38. The van der Waals surface area contributed by atoms with Gasteiger partial charge in [0.2, 0.25) is 5.91 Å². The van der Waals surface area contributed by atoms with Gasteiger partial charge in [-0.1, -0.05) is 30.8 Å². The van der Waals surface area contributed by atoms with Crippen LogP contribution >= 0.6 is 0 Å². The smallest absolute Gasteiger partial charge is 0.318 e. The number of hydrogen-bond acceptors (Lipinski definition) is 8. The quantitative estimate of drug-likeness (QED) is 0.489. The predicted molar refractivity (Wildman–Crippen MR) is 152 cm³/mol. The van der Waals surface area contributed by atoms with Crippen LogP contribution in [0.2, 0.25) is 0 Å². The van der Waals surface area contributed by atoms with Crippen LogP contribution in [-0.2, 0) is 17.8 Å². The summed E-state index contributed by atoms with van der Waals surface area (Å²) < 4.78 is 6.23. The Labute approximate surface area is 229 Å². The molecule has 3 aromatic rings. The number of aromatic nitrogens is 2. The number of phenolic OH excluding ortho intramolecular Hbond substituents is 1. The molecule has 9 nitrogen and oxygen atoms in total. The van der Waals surface area contributed by atoms with Gasteiger partial charge in [0.1, 0.15) is 11.6 Å². The van der Waals surface area contributed by atoms with Gasteiger partial charge in [-0.25, -0.2) is 0 Å². The van der Waals surface area contributed by atoms with Crippen molar-refractivity contribution in [2.75, 3.05) is 69.3 Å². The molecule has 6 rings (SSSR count). The number of nitrogens with zero attached hydrogens (tertiary/aromatic N) is 6. The van der Waals surface area contributed by atoms with Gasteiger partial charge in [-0.2, -0.15) is 9.97 Å². The van der Waals surface area contributed by atoms with Crippen molar-refractivity contribution < 1.29 is 14.6 Å². The van der Waals surface area contributed by atoms with Crippen molar-refractivity contribution in [3.63, 3.8) is 0 Å². The van der Waals surface area contributed by atoms with Gasteiger partial charge in [0.15, 0.2) is 0 Å². The van der Waals surface area contributed by atoms with Crippen molar-refractivity contribution in [3.8, 4) is 11.8 Å². The van der Waals surface area contributed by atoms with Gasteiger partial charge in [0.25, 0.3) is 0 Å². The van der Waals surface area contributed by atoms with Crippen molar-refractivity contribution in [1.29, 1.82) is 0 Å². The number of fused-ring (bicyclic) bond motifs is 2. The summed E-state index contributed by atoms with van der Waals surface area (Å²) in [5.74, 6) is 1.63. The van der Waals surface area contributed by atoms with Crippen molar-refractivity contribution in [3.05, 3.63) is 60.3 Å². The summed E-state index contributed by atoms with van der Waals surface area (Å²) in [6.45, 7) is 10.4. The SMILES string of the molecule is C=CC(=O)N1CCN(c2nc(OCC3CCN(C)C3)nc3c2CCN(c2cc(O)cc4ccccc24)C3)CC1. The van der Waals surface area contributed by atoms with E-state index < -0.39 is 0 Å². The van der Waals surface area contributed by atoms with Crippen LogP contribution in [0.15, 0.2) is 49.1 Å². The number of phenols is 1. The maximum Gasteiger partial charge on any atom is 0.318 e. The molecule has 1 unspecified atom stereocenters. The third-order valence-corrected chi connectivity index (χ3v) is 8.19. The Kier molecular flexibility index (Phi) is 6.99. The zero-order valence-electron chi connectivity index (χ0n) is 22.6. The zero-order chi connectivity index (χ0) is 26.9. The molecule has 1 N–H and O–H groups in total. The highest BCUT2D eigenvalue weighted by atomic mass is 16.5. The molecule has 1 atom stereocenters. The van der Waals surface area contributed by atoms with E-state index >= 15 is 0 Å². The number of rotatable bonds is 6. The van der Waals surface area contributed by atoms with Gasteiger partial charge in [0.05, 0.1) is 18.8 Å². The van der Waals surface area contributed by atoms with E-state index in [-0.39, 0.29) is 11.7 Å². The molecule has 4 heterocycles. The molecule has 39 heavy (non-hydrogen) atoms. The first-order valence-electron chi connectivity index (χ1n) is 13.8. The van der Waals surface area contributed by atoms with E-state index in [4.69, 9.17) is 14.7 Å². The van der Waals surface area contributed by atoms with E-state index in [0.29, 0.717) is 51.3 Å². The molecule has 2 saturated heterocycles. The number of carbonyl (C=O) groups excluding carboxylic acids is 1. The first-order valence-corrected chi connectivity index (χ1v) is 13.8. The lowest BCUT2D eigenvalue weighted by molar-refractivity contribution is -0.126. The van der Waals surface area contributed by atoms with E-state index in [1.807, 2.05) is 29.2 Å². The Morgan fingerprint density at radius 2 is 1.92 bits per heavy atom. The zero-order valence-corrected chi connectivity index (χ0v) is 22.6. The summed E-state index contributed by atoms with van der Waals surface area (Å²) in [6.07, 6.45) is 3.29. The fourth-order valence-electron chi connectivity index (χ4n) is 6.08. The minimum atomic E-state index is -0.0288. The Bertz CT molecular complexity index is 1390. The predicted octanol–water partition coefficient (Wildman–Crippen LogP) is 3.06. The van der Waals surface area contributed by atoms with Gasteiger partial charge in [-0.05, 0) is 44.0 Å². The molecule has 9 heteroatoms. The van der Waals surface area contributed by atoms with E-state index in [2.05, 4.69) is 34.4 Å². The van der Waals surface area contributed by atoms with Gasteiger partial charge < -0.3 is 29.4 Å². The first kappa shape index (κ1) is 25.4. The molecule has 204 valence electrons. The number of aromatic hydroxyl groups is 1. The second-order valence-corrected chi connectivity index (χ2v) is 10.9. The van der Waals surface area contributed by atoms with Crippen LogP contribution in [0.3, 0.4) is 0 Å². The molecule has 1 aromatic heterocycles. The molecule has 3 aliphatic rings. The van der Waals surface area contributed by atoms with Crippen molar-refractivity contribution in [2.45, 2.75) is 19.4 Å². The minimum absolute atomic E-state index is 0.0288. The third kappa shape index (κ3) is 5.23. The lowest BCUT2D eigenvalue weighted by atomic mass is 10.0. The summed E-state index contributed by atoms with van der Waals surface area (Å²) in [4.78, 5) is 30.7. The third-order valence-electron chi connectivity index (χ3n) is 8.19. The molecule has 0 bridgehead atoms. The number of likely N-dealkylation sites (tertiary alicyclic amines) is 1. The number of piperazine rings is 1. The molecule has 3 aliphatic heterocycles. The molecule has 0 radical (unpaired) electrons. The van der Waals surface area contributed by atoms with Crippen LogP contribution in [0.25, 0.3) is 10.8 Å². The summed E-state index contributed by atoms with van der Waals surface area (Å²) >= 11 is 0. The summed E-state index contributed by atoms with van der Waals surface area (Å²) in [7, 11) is 2.14. The van der Waals surface area contributed by atoms with Gasteiger partial charge in [-0.3, -0.25) is 4.79 Å². The second kappa shape index (κ2) is 10.7. The van der Waals surface area contributed by atoms with Crippen molar-refractivity contribution in [2.24, 2.45) is 5.92 Å². The molecule has 0 spiro atoms. The summed E-state index contributed by atoms with van der Waals surface area (Å²) in [5, 5.41) is 12.6. The van der Waals surface area contributed by atoms with E-state index in [0.717, 1.165) is 66.0 Å². The van der Waals surface area contributed by atoms with Crippen LogP contribution in [0.5, 0.6) is 11.8 Å². The van der Waals surface area contributed by atoms with Crippen LogP contribution < -0.4 is 14.5 Å². The monoisotopic (exact) mass is 528 g/mol. The molecular weight excluding hydrogens is 492 g/mol. The van der Waals surface area contributed by atoms with Crippen LogP contribution in [0, 0.1) is 5.92 Å². The molecule has 2 aromatic carbocycles. The van der Waals surface area contributed by atoms with Gasteiger partial charge >= 0.3 is 6.01 Å². The maximum atomic E-state index is 12.1. The second-order valence-electron chi connectivity index (χ2n) is 10.9. The van der Waals surface area contributed by atoms with Crippen LogP contribution in [-0.4, -0.2) is 90.2 Å².